The molecule has 132 valence electrons. The Bertz CT molecular complexity index is 897. The SMILES string of the molecule is COc1ccc(NC(=O)c2ccccc2COc2ccccc2)cc1Cl. The van der Waals surface area contributed by atoms with Gasteiger partial charge >= 0.3 is 0 Å². The van der Waals surface area contributed by atoms with E-state index < -0.39 is 0 Å². The van der Waals surface area contributed by atoms with Gasteiger partial charge in [0.05, 0.1) is 12.1 Å². The van der Waals surface area contributed by atoms with Crippen molar-refractivity contribution in [3.63, 3.8) is 0 Å². The summed E-state index contributed by atoms with van der Waals surface area (Å²) in [7, 11) is 1.54. The van der Waals surface area contributed by atoms with Crippen LogP contribution in [-0.4, -0.2) is 13.0 Å². The van der Waals surface area contributed by atoms with Crippen molar-refractivity contribution in [2.75, 3.05) is 12.4 Å². The second-order valence-electron chi connectivity index (χ2n) is 5.56. The van der Waals surface area contributed by atoms with Gasteiger partial charge in [-0.1, -0.05) is 48.0 Å². The van der Waals surface area contributed by atoms with Crippen LogP contribution in [0.3, 0.4) is 0 Å². The third kappa shape index (κ3) is 4.35. The van der Waals surface area contributed by atoms with Crippen molar-refractivity contribution in [2.45, 2.75) is 6.61 Å². The van der Waals surface area contributed by atoms with Crippen molar-refractivity contribution >= 4 is 23.2 Å². The molecule has 5 heteroatoms. The van der Waals surface area contributed by atoms with Crippen LogP contribution >= 0.6 is 11.6 Å². The van der Waals surface area contributed by atoms with Crippen molar-refractivity contribution in [2.24, 2.45) is 0 Å². The summed E-state index contributed by atoms with van der Waals surface area (Å²) in [5, 5.41) is 3.29. The molecule has 3 aromatic rings. The van der Waals surface area contributed by atoms with Crippen LogP contribution < -0.4 is 14.8 Å². The smallest absolute Gasteiger partial charge is 0.256 e. The average molecular weight is 368 g/mol. The fourth-order valence-corrected chi connectivity index (χ4v) is 2.75. The molecule has 0 bridgehead atoms. The molecule has 0 aliphatic carbocycles. The second-order valence-corrected chi connectivity index (χ2v) is 5.97. The number of benzene rings is 3. The van der Waals surface area contributed by atoms with Crippen LogP contribution in [-0.2, 0) is 6.61 Å². The Hall–Kier alpha value is -2.98. The molecule has 0 aliphatic heterocycles. The summed E-state index contributed by atoms with van der Waals surface area (Å²) < 4.78 is 10.9. The fraction of sp³-hybridized carbons (Fsp3) is 0.0952. The standard InChI is InChI=1S/C21H18ClNO3/c1-25-20-12-11-16(13-19(20)22)23-21(24)18-10-6-5-7-15(18)14-26-17-8-3-2-4-9-17/h2-13H,14H2,1H3,(H,23,24). The number of methoxy groups -OCH3 is 1. The number of halogens is 1. The maximum atomic E-state index is 12.7. The number of rotatable bonds is 6. The molecule has 0 radical (unpaired) electrons. The predicted octanol–water partition coefficient (Wildman–Crippen LogP) is 5.18. The normalized spacial score (nSPS) is 10.2. The third-order valence-corrected chi connectivity index (χ3v) is 4.10. The van der Waals surface area contributed by atoms with E-state index in [1.165, 1.54) is 0 Å². The molecule has 0 fully saturated rings. The lowest BCUT2D eigenvalue weighted by molar-refractivity contribution is 0.102. The quantitative estimate of drug-likeness (QED) is 0.653. The van der Waals surface area contributed by atoms with E-state index in [4.69, 9.17) is 21.1 Å². The number of hydrogen-bond acceptors (Lipinski definition) is 3. The Morgan fingerprint density at radius 1 is 1.00 bits per heavy atom. The summed E-state index contributed by atoms with van der Waals surface area (Å²) in [6, 6.07) is 21.9. The van der Waals surface area contributed by atoms with Crippen LogP contribution in [0.4, 0.5) is 5.69 Å². The van der Waals surface area contributed by atoms with Crippen LogP contribution in [0.25, 0.3) is 0 Å². The van der Waals surface area contributed by atoms with Gasteiger partial charge in [0.25, 0.3) is 5.91 Å². The highest BCUT2D eigenvalue weighted by molar-refractivity contribution is 6.32. The van der Waals surface area contributed by atoms with Crippen molar-refractivity contribution in [3.8, 4) is 11.5 Å². The molecule has 1 N–H and O–H groups in total. The molecule has 0 spiro atoms. The number of hydrogen-bond donors (Lipinski definition) is 1. The summed E-state index contributed by atoms with van der Waals surface area (Å²) >= 11 is 6.11. The minimum absolute atomic E-state index is 0.224. The predicted molar refractivity (Wildman–Crippen MR) is 103 cm³/mol. The van der Waals surface area contributed by atoms with E-state index >= 15 is 0 Å². The summed E-state index contributed by atoms with van der Waals surface area (Å²) in [6.07, 6.45) is 0. The lowest BCUT2D eigenvalue weighted by Crippen LogP contribution is -2.15. The van der Waals surface area contributed by atoms with E-state index in [1.54, 1.807) is 31.4 Å². The molecule has 26 heavy (non-hydrogen) atoms. The number of para-hydroxylation sites is 1. The van der Waals surface area contributed by atoms with Crippen LogP contribution in [0.1, 0.15) is 15.9 Å². The zero-order chi connectivity index (χ0) is 18.4. The van der Waals surface area contributed by atoms with Gasteiger partial charge in [-0.25, -0.2) is 0 Å². The molecule has 0 saturated heterocycles. The van der Waals surface area contributed by atoms with Gasteiger partial charge in [0, 0.05) is 16.8 Å². The molecule has 1 amide bonds. The lowest BCUT2D eigenvalue weighted by Gasteiger charge is -2.12. The van der Waals surface area contributed by atoms with Gasteiger partial charge in [0.15, 0.2) is 0 Å². The van der Waals surface area contributed by atoms with Gasteiger partial charge in [-0.15, -0.1) is 0 Å². The summed E-state index contributed by atoms with van der Waals surface area (Å²) in [5.41, 5.74) is 1.95. The number of amides is 1. The summed E-state index contributed by atoms with van der Waals surface area (Å²) in [6.45, 7) is 0.303. The van der Waals surface area contributed by atoms with Gasteiger partial charge in [-0.05, 0) is 36.4 Å². The number of nitrogens with one attached hydrogen (secondary N) is 1. The van der Waals surface area contributed by atoms with Crippen LogP contribution in [0, 0.1) is 0 Å². The Labute approximate surface area is 157 Å². The largest absolute Gasteiger partial charge is 0.495 e. The lowest BCUT2D eigenvalue weighted by atomic mass is 10.1. The highest BCUT2D eigenvalue weighted by Gasteiger charge is 2.12. The van der Waals surface area contributed by atoms with E-state index in [0.29, 0.717) is 28.6 Å². The molecule has 0 atom stereocenters. The Morgan fingerprint density at radius 2 is 1.73 bits per heavy atom. The number of ether oxygens (including phenoxy) is 2. The van der Waals surface area contributed by atoms with Gasteiger partial charge in [0.1, 0.15) is 18.1 Å². The third-order valence-electron chi connectivity index (χ3n) is 3.81. The molecular formula is C21H18ClNO3. The highest BCUT2D eigenvalue weighted by Crippen LogP contribution is 2.27. The van der Waals surface area contributed by atoms with Gasteiger partial charge in [-0.2, -0.15) is 0 Å². The molecule has 3 aromatic carbocycles. The molecular weight excluding hydrogens is 350 g/mol. The van der Waals surface area contributed by atoms with E-state index in [1.807, 2.05) is 48.5 Å². The summed E-state index contributed by atoms with van der Waals surface area (Å²) in [5.74, 6) is 1.09. The highest BCUT2D eigenvalue weighted by atomic mass is 35.5. The minimum atomic E-state index is -0.224. The first-order valence-corrected chi connectivity index (χ1v) is 8.46. The Morgan fingerprint density at radius 3 is 2.46 bits per heavy atom. The van der Waals surface area contributed by atoms with Crippen molar-refractivity contribution < 1.29 is 14.3 Å². The number of carbonyl (C=O) groups excluding carboxylic acids is 1. The van der Waals surface area contributed by atoms with Crippen LogP contribution in [0.5, 0.6) is 11.5 Å². The monoisotopic (exact) mass is 367 g/mol. The molecule has 0 unspecified atom stereocenters. The maximum Gasteiger partial charge on any atom is 0.256 e. The zero-order valence-electron chi connectivity index (χ0n) is 14.2. The Kier molecular flexibility index (Phi) is 5.77. The second kappa shape index (κ2) is 8.41. The van der Waals surface area contributed by atoms with Gasteiger partial charge in [0.2, 0.25) is 0 Å². The average Bonchev–Trinajstić information content (AvgIpc) is 2.67. The van der Waals surface area contributed by atoms with Crippen molar-refractivity contribution in [1.82, 2.24) is 0 Å². The molecule has 0 aliphatic rings. The van der Waals surface area contributed by atoms with Crippen LogP contribution in [0.15, 0.2) is 72.8 Å². The molecule has 0 heterocycles. The first-order chi connectivity index (χ1) is 12.7. The number of carbonyl (C=O) groups is 1. The first kappa shape index (κ1) is 17.8. The van der Waals surface area contributed by atoms with E-state index in [9.17, 15) is 4.79 Å². The topological polar surface area (TPSA) is 47.6 Å². The van der Waals surface area contributed by atoms with Crippen molar-refractivity contribution in [1.29, 1.82) is 0 Å². The molecule has 0 aromatic heterocycles. The van der Waals surface area contributed by atoms with E-state index in [0.717, 1.165) is 11.3 Å². The summed E-state index contributed by atoms with van der Waals surface area (Å²) in [4.78, 5) is 12.7. The maximum absolute atomic E-state index is 12.7. The fourth-order valence-electron chi connectivity index (χ4n) is 2.49. The van der Waals surface area contributed by atoms with Gasteiger partial charge in [-0.3, -0.25) is 4.79 Å². The molecule has 4 nitrogen and oxygen atoms in total. The minimum Gasteiger partial charge on any atom is -0.495 e. The van der Waals surface area contributed by atoms with E-state index in [-0.39, 0.29) is 5.91 Å². The van der Waals surface area contributed by atoms with Crippen LogP contribution in [0.2, 0.25) is 5.02 Å². The van der Waals surface area contributed by atoms with E-state index in [2.05, 4.69) is 5.32 Å². The zero-order valence-corrected chi connectivity index (χ0v) is 15.0. The first-order valence-electron chi connectivity index (χ1n) is 8.08. The number of anilines is 1. The van der Waals surface area contributed by atoms with Gasteiger partial charge < -0.3 is 14.8 Å². The van der Waals surface area contributed by atoms with Crippen molar-refractivity contribution in [3.05, 3.63) is 88.9 Å². The molecule has 0 saturated carbocycles. The molecule has 3 rings (SSSR count). The Balaban J connectivity index is 1.74.